The zero-order valence-electron chi connectivity index (χ0n) is 28.7. The van der Waals surface area contributed by atoms with Crippen LogP contribution in [0.5, 0.6) is 0 Å². The van der Waals surface area contributed by atoms with Gasteiger partial charge in [-0.2, -0.15) is 0 Å². The van der Waals surface area contributed by atoms with Crippen molar-refractivity contribution >= 4 is 23.6 Å². The van der Waals surface area contributed by atoms with E-state index in [1.54, 1.807) is 18.7 Å². The number of hydrogen-bond acceptors (Lipinski definition) is 5. The Morgan fingerprint density at radius 2 is 0.882 bits per heavy atom. The van der Waals surface area contributed by atoms with Crippen LogP contribution in [-0.4, -0.2) is 36.8 Å². The van der Waals surface area contributed by atoms with E-state index >= 15 is 0 Å². The van der Waals surface area contributed by atoms with Crippen LogP contribution in [0.2, 0.25) is 0 Å². The van der Waals surface area contributed by atoms with Gasteiger partial charge in [-0.3, -0.25) is 14.9 Å². The third-order valence-corrected chi connectivity index (χ3v) is 10.7. The van der Waals surface area contributed by atoms with Gasteiger partial charge in [0.2, 0.25) is 5.91 Å². The predicted molar refractivity (Wildman–Crippen MR) is 207 cm³/mol. The highest BCUT2D eigenvalue weighted by atomic mass is 32.2. The van der Waals surface area contributed by atoms with E-state index in [-0.39, 0.29) is 19.1 Å². The van der Waals surface area contributed by atoms with Crippen LogP contribution < -0.4 is 10.6 Å². The Morgan fingerprint density at radius 3 is 1.22 bits per heavy atom. The molecule has 1 atom stereocenters. The van der Waals surface area contributed by atoms with Crippen LogP contribution in [0.25, 0.3) is 0 Å². The van der Waals surface area contributed by atoms with Gasteiger partial charge in [-0.1, -0.05) is 182 Å². The first kappa shape index (κ1) is 35.4. The minimum absolute atomic E-state index is 0.230. The molecule has 6 heteroatoms. The molecule has 51 heavy (non-hydrogen) atoms. The molecule has 0 aliphatic carbocycles. The maximum Gasteiger partial charge on any atom is 0.325 e. The van der Waals surface area contributed by atoms with Crippen LogP contribution in [0.4, 0.5) is 0 Å². The number of nitrogens with one attached hydrogen (secondary N) is 2. The van der Waals surface area contributed by atoms with Crippen LogP contribution in [0.3, 0.4) is 0 Å². The molecule has 6 rings (SSSR count). The van der Waals surface area contributed by atoms with Crippen molar-refractivity contribution in [3.05, 3.63) is 215 Å². The van der Waals surface area contributed by atoms with Crippen molar-refractivity contribution in [2.75, 3.05) is 18.9 Å². The van der Waals surface area contributed by atoms with Gasteiger partial charge in [0.1, 0.15) is 6.54 Å². The highest BCUT2D eigenvalue weighted by Crippen LogP contribution is 2.49. The molecule has 0 heterocycles. The lowest BCUT2D eigenvalue weighted by Gasteiger charge is -2.41. The van der Waals surface area contributed by atoms with Crippen LogP contribution in [0.1, 0.15) is 40.3 Å². The number of thioether (sulfide) groups is 1. The number of esters is 1. The monoisotopic (exact) mass is 690 g/mol. The predicted octanol–water partition coefficient (Wildman–Crippen LogP) is 8.34. The largest absolute Gasteiger partial charge is 0.465 e. The summed E-state index contributed by atoms with van der Waals surface area (Å²) in [6.45, 7) is 1.76. The maximum atomic E-state index is 14.6. The van der Waals surface area contributed by atoms with Gasteiger partial charge in [-0.25, -0.2) is 0 Å². The van der Waals surface area contributed by atoms with E-state index in [0.29, 0.717) is 5.75 Å². The molecule has 2 N–H and O–H groups in total. The minimum atomic E-state index is -0.925. The van der Waals surface area contributed by atoms with Crippen molar-refractivity contribution in [2.24, 2.45) is 0 Å². The SMILES string of the molecule is CCOC(=O)CNC(=O)[C@@H](CSC(c1ccccc1)(c1ccccc1)c1ccccc1)NC(c1ccccc1)(c1ccccc1)c1ccccc1. The second kappa shape index (κ2) is 17.0. The number of ether oxygens (including phenoxy) is 1. The van der Waals surface area contributed by atoms with E-state index in [2.05, 4.69) is 120 Å². The molecular weight excluding hydrogens is 649 g/mol. The molecule has 1 amide bonds. The molecule has 256 valence electrons. The molecule has 6 aromatic rings. The lowest BCUT2D eigenvalue weighted by atomic mass is 9.76. The first-order valence-electron chi connectivity index (χ1n) is 17.3. The summed E-state index contributed by atoms with van der Waals surface area (Å²) < 4.78 is 4.52. The molecule has 0 bridgehead atoms. The van der Waals surface area contributed by atoms with Gasteiger partial charge in [0.25, 0.3) is 0 Å². The van der Waals surface area contributed by atoms with Gasteiger partial charge in [-0.05, 0) is 40.3 Å². The Labute approximate surface area is 305 Å². The second-order valence-electron chi connectivity index (χ2n) is 12.2. The summed E-state index contributed by atoms with van der Waals surface area (Å²) in [6.07, 6.45) is 0. The van der Waals surface area contributed by atoms with Gasteiger partial charge in [0, 0.05) is 5.75 Å². The van der Waals surface area contributed by atoms with E-state index in [1.165, 1.54) is 0 Å². The molecule has 0 aromatic heterocycles. The fraction of sp³-hybridized carbons (Fsp3) is 0.156. The Balaban J connectivity index is 1.52. The summed E-state index contributed by atoms with van der Waals surface area (Å²) in [5.74, 6) is -0.433. The smallest absolute Gasteiger partial charge is 0.325 e. The Kier molecular flexibility index (Phi) is 11.8. The summed E-state index contributed by atoms with van der Waals surface area (Å²) in [6, 6.07) is 61.2. The Bertz CT molecular complexity index is 1770. The van der Waals surface area contributed by atoms with Gasteiger partial charge in [0.05, 0.1) is 22.9 Å². The third-order valence-electron chi connectivity index (χ3n) is 9.05. The molecule has 0 radical (unpaired) electrons. The maximum absolute atomic E-state index is 14.6. The quantitative estimate of drug-likeness (QED) is 0.0838. The van der Waals surface area contributed by atoms with Crippen LogP contribution in [-0.2, 0) is 24.6 Å². The highest BCUT2D eigenvalue weighted by molar-refractivity contribution is 8.00. The number of benzene rings is 6. The van der Waals surface area contributed by atoms with Gasteiger partial charge in [0.15, 0.2) is 0 Å². The normalized spacial score (nSPS) is 12.1. The first-order valence-corrected chi connectivity index (χ1v) is 18.2. The molecule has 6 aromatic carbocycles. The Hall–Kier alpha value is -5.43. The number of carbonyl (C=O) groups is 2. The van der Waals surface area contributed by atoms with Crippen molar-refractivity contribution in [1.29, 1.82) is 0 Å². The average Bonchev–Trinajstić information content (AvgIpc) is 3.21. The molecular formula is C45H42N2O3S. The molecule has 0 aliphatic heterocycles. The molecule has 0 spiro atoms. The fourth-order valence-electron chi connectivity index (χ4n) is 6.73. The van der Waals surface area contributed by atoms with Crippen molar-refractivity contribution in [3.8, 4) is 0 Å². The molecule has 0 unspecified atom stereocenters. The third kappa shape index (κ3) is 7.83. The van der Waals surface area contributed by atoms with Gasteiger partial charge in [-0.15, -0.1) is 11.8 Å². The van der Waals surface area contributed by atoms with Crippen LogP contribution in [0, 0.1) is 0 Å². The van der Waals surface area contributed by atoms with Crippen LogP contribution in [0.15, 0.2) is 182 Å². The number of rotatable bonds is 15. The standard InChI is InChI=1S/C45H42N2O3S/c1-2-50-42(48)33-46-43(49)41(47-44(35-21-9-3-10-22-35,36-23-11-4-12-24-36)37-25-13-5-14-26-37)34-51-45(38-27-15-6-16-28-38,39-29-17-7-18-30-39)40-31-19-8-20-32-40/h3-32,41,47H,2,33-34H2,1H3,(H,46,49)/t41-/m1/s1. The molecule has 5 nitrogen and oxygen atoms in total. The number of hydrogen-bond donors (Lipinski definition) is 2. The summed E-state index contributed by atoms with van der Waals surface area (Å²) in [5, 5.41) is 6.82. The summed E-state index contributed by atoms with van der Waals surface area (Å²) in [5.41, 5.74) is 5.31. The van der Waals surface area contributed by atoms with Crippen molar-refractivity contribution in [3.63, 3.8) is 0 Å². The zero-order chi connectivity index (χ0) is 35.4. The summed E-state index contributed by atoms with van der Waals surface area (Å²) in [4.78, 5) is 27.1. The molecule has 0 fully saturated rings. The summed E-state index contributed by atoms with van der Waals surface area (Å²) >= 11 is 1.70. The second-order valence-corrected chi connectivity index (χ2v) is 13.4. The van der Waals surface area contributed by atoms with E-state index in [0.717, 1.165) is 33.4 Å². The van der Waals surface area contributed by atoms with E-state index in [4.69, 9.17) is 4.74 Å². The topological polar surface area (TPSA) is 67.4 Å². The van der Waals surface area contributed by atoms with E-state index in [9.17, 15) is 9.59 Å². The number of amides is 1. The van der Waals surface area contributed by atoms with E-state index in [1.807, 2.05) is 72.8 Å². The Morgan fingerprint density at radius 1 is 0.549 bits per heavy atom. The first-order chi connectivity index (χ1) is 25.1. The lowest BCUT2D eigenvalue weighted by molar-refractivity contribution is -0.143. The fourth-order valence-corrected chi connectivity index (χ4v) is 8.29. The minimum Gasteiger partial charge on any atom is -0.465 e. The van der Waals surface area contributed by atoms with Crippen molar-refractivity contribution in [1.82, 2.24) is 10.6 Å². The lowest BCUT2D eigenvalue weighted by Crippen LogP contribution is -2.57. The van der Waals surface area contributed by atoms with Crippen molar-refractivity contribution < 1.29 is 14.3 Å². The van der Waals surface area contributed by atoms with Crippen molar-refractivity contribution in [2.45, 2.75) is 23.3 Å². The highest BCUT2D eigenvalue weighted by Gasteiger charge is 2.43. The van der Waals surface area contributed by atoms with Crippen LogP contribution >= 0.6 is 11.8 Å². The number of carbonyl (C=O) groups excluding carboxylic acids is 2. The van der Waals surface area contributed by atoms with E-state index < -0.39 is 22.3 Å². The van der Waals surface area contributed by atoms with Gasteiger partial charge >= 0.3 is 5.97 Å². The average molecular weight is 691 g/mol. The molecule has 0 aliphatic rings. The zero-order valence-corrected chi connectivity index (χ0v) is 29.5. The van der Waals surface area contributed by atoms with Gasteiger partial charge < -0.3 is 10.1 Å². The molecule has 0 saturated heterocycles. The molecule has 0 saturated carbocycles. The summed E-state index contributed by atoms with van der Waals surface area (Å²) in [7, 11) is 0.